The van der Waals surface area contributed by atoms with Crippen LogP contribution in [0.15, 0.2) is 24.3 Å². The van der Waals surface area contributed by atoms with E-state index in [1.807, 2.05) is 24.3 Å². The Bertz CT molecular complexity index is 482. The molecule has 0 spiro atoms. The maximum atomic E-state index is 12.5. The molecule has 1 aromatic rings. The topological polar surface area (TPSA) is 32.3 Å². The minimum absolute atomic E-state index is 0. The highest BCUT2D eigenvalue weighted by molar-refractivity contribution is 6.30. The molecule has 5 heteroatoms. The molecule has 22 heavy (non-hydrogen) atoms. The van der Waals surface area contributed by atoms with Crippen molar-refractivity contribution in [1.82, 2.24) is 10.2 Å². The highest BCUT2D eigenvalue weighted by Crippen LogP contribution is 2.30. The Balaban J connectivity index is 0.00000176. The third-order valence-corrected chi connectivity index (χ3v) is 4.75. The summed E-state index contributed by atoms with van der Waals surface area (Å²) in [4.78, 5) is 14.6. The fourth-order valence-electron chi connectivity index (χ4n) is 3.03. The number of halogens is 2. The maximum absolute atomic E-state index is 12.5. The van der Waals surface area contributed by atoms with Gasteiger partial charge in [0.1, 0.15) is 0 Å². The first-order valence-electron chi connectivity index (χ1n) is 7.97. The average molecular weight is 343 g/mol. The number of amides is 1. The third kappa shape index (κ3) is 4.87. The second-order valence-corrected chi connectivity index (χ2v) is 6.71. The molecule has 1 aliphatic heterocycles. The first-order valence-corrected chi connectivity index (χ1v) is 8.35. The number of carbonyl (C=O) groups is 1. The summed E-state index contributed by atoms with van der Waals surface area (Å²) in [6.45, 7) is 2.91. The SMILES string of the molecule is Cl.O=C(CCC1CCNC1)N(Cc1ccc(Cl)cc1)C1CC1. The molecule has 1 aliphatic carbocycles. The van der Waals surface area contributed by atoms with Gasteiger partial charge in [0.25, 0.3) is 0 Å². The second kappa shape index (κ2) is 8.19. The number of benzene rings is 1. The van der Waals surface area contributed by atoms with E-state index in [1.54, 1.807) is 0 Å². The van der Waals surface area contributed by atoms with Crippen molar-refractivity contribution in [3.63, 3.8) is 0 Å². The van der Waals surface area contributed by atoms with Crippen LogP contribution in [0.5, 0.6) is 0 Å². The summed E-state index contributed by atoms with van der Waals surface area (Å²) < 4.78 is 0. The van der Waals surface area contributed by atoms with Crippen molar-refractivity contribution in [2.75, 3.05) is 13.1 Å². The van der Waals surface area contributed by atoms with E-state index in [1.165, 1.54) is 12.0 Å². The Kier molecular flexibility index (Phi) is 6.54. The summed E-state index contributed by atoms with van der Waals surface area (Å²) in [6.07, 6.45) is 5.24. The van der Waals surface area contributed by atoms with Gasteiger partial charge in [-0.1, -0.05) is 23.7 Å². The van der Waals surface area contributed by atoms with Crippen molar-refractivity contribution in [3.05, 3.63) is 34.9 Å². The van der Waals surface area contributed by atoms with Gasteiger partial charge >= 0.3 is 0 Å². The number of carbonyl (C=O) groups excluding carboxylic acids is 1. The highest BCUT2D eigenvalue weighted by Gasteiger charge is 2.32. The molecule has 0 bridgehead atoms. The first kappa shape index (κ1) is 17.6. The lowest BCUT2D eigenvalue weighted by atomic mass is 10.0. The van der Waals surface area contributed by atoms with Gasteiger partial charge in [-0.3, -0.25) is 4.79 Å². The molecule has 2 aliphatic rings. The van der Waals surface area contributed by atoms with Crippen LogP contribution in [0.2, 0.25) is 5.02 Å². The molecule has 1 heterocycles. The van der Waals surface area contributed by atoms with E-state index in [9.17, 15) is 4.79 Å². The molecule has 1 atom stereocenters. The standard InChI is InChI=1S/C17H23ClN2O.ClH/c18-15-4-1-14(2-5-15)12-20(16-6-7-16)17(21)8-3-13-9-10-19-11-13;/h1-2,4-5,13,16,19H,3,6-12H2;1H. The summed E-state index contributed by atoms with van der Waals surface area (Å²) in [5.74, 6) is 1.00. The zero-order chi connectivity index (χ0) is 14.7. The van der Waals surface area contributed by atoms with Crippen molar-refractivity contribution in [3.8, 4) is 0 Å². The Labute approximate surface area is 143 Å². The van der Waals surface area contributed by atoms with Gasteiger partial charge in [-0.05, 0) is 62.4 Å². The Morgan fingerprint density at radius 3 is 2.55 bits per heavy atom. The Hall–Kier alpha value is -0.770. The van der Waals surface area contributed by atoms with Crippen LogP contribution in [0.3, 0.4) is 0 Å². The summed E-state index contributed by atoms with van der Waals surface area (Å²) >= 11 is 5.92. The molecule has 1 unspecified atom stereocenters. The number of nitrogens with zero attached hydrogens (tertiary/aromatic N) is 1. The normalized spacial score (nSPS) is 20.5. The summed E-state index contributed by atoms with van der Waals surface area (Å²) in [7, 11) is 0. The molecule has 1 N–H and O–H groups in total. The molecule has 0 radical (unpaired) electrons. The molecule has 1 saturated carbocycles. The van der Waals surface area contributed by atoms with Crippen LogP contribution in [0, 0.1) is 5.92 Å². The van der Waals surface area contributed by atoms with Gasteiger partial charge in [0.05, 0.1) is 0 Å². The van der Waals surface area contributed by atoms with Gasteiger partial charge in [0.15, 0.2) is 0 Å². The van der Waals surface area contributed by atoms with Gasteiger partial charge in [-0.25, -0.2) is 0 Å². The highest BCUT2D eigenvalue weighted by atomic mass is 35.5. The first-order chi connectivity index (χ1) is 10.2. The predicted octanol–water partition coefficient (Wildman–Crippen LogP) is 3.64. The molecule has 2 fully saturated rings. The monoisotopic (exact) mass is 342 g/mol. The fourth-order valence-corrected chi connectivity index (χ4v) is 3.15. The Morgan fingerprint density at radius 2 is 1.95 bits per heavy atom. The lowest BCUT2D eigenvalue weighted by molar-refractivity contribution is -0.132. The number of hydrogen-bond donors (Lipinski definition) is 1. The largest absolute Gasteiger partial charge is 0.335 e. The summed E-state index contributed by atoms with van der Waals surface area (Å²) in [5, 5.41) is 4.12. The van der Waals surface area contributed by atoms with Crippen molar-refractivity contribution in [2.24, 2.45) is 5.92 Å². The predicted molar refractivity (Wildman–Crippen MR) is 92.5 cm³/mol. The lowest BCUT2D eigenvalue weighted by Crippen LogP contribution is -2.32. The van der Waals surface area contributed by atoms with Crippen LogP contribution < -0.4 is 5.32 Å². The Morgan fingerprint density at radius 1 is 1.23 bits per heavy atom. The van der Waals surface area contributed by atoms with Crippen LogP contribution >= 0.6 is 24.0 Å². The molecule has 122 valence electrons. The maximum Gasteiger partial charge on any atom is 0.223 e. The van der Waals surface area contributed by atoms with E-state index in [-0.39, 0.29) is 12.4 Å². The van der Waals surface area contributed by atoms with E-state index < -0.39 is 0 Å². The van der Waals surface area contributed by atoms with Gasteiger partial charge in [0.2, 0.25) is 5.91 Å². The van der Waals surface area contributed by atoms with Crippen molar-refractivity contribution < 1.29 is 4.79 Å². The van der Waals surface area contributed by atoms with E-state index in [2.05, 4.69) is 10.2 Å². The van der Waals surface area contributed by atoms with Crippen LogP contribution in [0.1, 0.15) is 37.7 Å². The fraction of sp³-hybridized carbons (Fsp3) is 0.588. The molecule has 3 rings (SSSR count). The molecule has 3 nitrogen and oxygen atoms in total. The van der Waals surface area contributed by atoms with Gasteiger partial charge in [0, 0.05) is 24.0 Å². The number of hydrogen-bond acceptors (Lipinski definition) is 2. The van der Waals surface area contributed by atoms with Gasteiger partial charge in [-0.2, -0.15) is 0 Å². The van der Waals surface area contributed by atoms with Crippen LogP contribution in [0.4, 0.5) is 0 Å². The van der Waals surface area contributed by atoms with E-state index in [4.69, 9.17) is 11.6 Å². The minimum Gasteiger partial charge on any atom is -0.335 e. The van der Waals surface area contributed by atoms with Gasteiger partial charge < -0.3 is 10.2 Å². The van der Waals surface area contributed by atoms with Crippen LogP contribution in [-0.2, 0) is 11.3 Å². The van der Waals surface area contributed by atoms with Crippen molar-refractivity contribution in [2.45, 2.75) is 44.7 Å². The molecular weight excluding hydrogens is 319 g/mol. The van der Waals surface area contributed by atoms with E-state index >= 15 is 0 Å². The minimum atomic E-state index is 0. The molecule has 1 saturated heterocycles. The number of nitrogens with one attached hydrogen (secondary N) is 1. The second-order valence-electron chi connectivity index (χ2n) is 6.28. The van der Waals surface area contributed by atoms with Crippen molar-refractivity contribution >= 4 is 29.9 Å². The molecule has 1 aromatic carbocycles. The zero-order valence-electron chi connectivity index (χ0n) is 12.8. The molecule has 1 amide bonds. The quantitative estimate of drug-likeness (QED) is 0.855. The van der Waals surface area contributed by atoms with Crippen molar-refractivity contribution in [1.29, 1.82) is 0 Å². The molecular formula is C17H24Cl2N2O. The third-order valence-electron chi connectivity index (χ3n) is 4.50. The smallest absolute Gasteiger partial charge is 0.223 e. The lowest BCUT2D eigenvalue weighted by Gasteiger charge is -2.23. The average Bonchev–Trinajstić information content (AvgIpc) is 3.19. The van der Waals surface area contributed by atoms with Crippen LogP contribution in [-0.4, -0.2) is 29.9 Å². The van der Waals surface area contributed by atoms with Crippen LogP contribution in [0.25, 0.3) is 0 Å². The summed E-state index contributed by atoms with van der Waals surface area (Å²) in [6, 6.07) is 8.31. The molecule has 0 aromatic heterocycles. The zero-order valence-corrected chi connectivity index (χ0v) is 14.3. The summed E-state index contributed by atoms with van der Waals surface area (Å²) in [5.41, 5.74) is 1.17. The number of rotatable bonds is 6. The van der Waals surface area contributed by atoms with Gasteiger partial charge in [-0.15, -0.1) is 12.4 Å². The van der Waals surface area contributed by atoms with E-state index in [0.717, 1.165) is 43.9 Å². The van der Waals surface area contributed by atoms with E-state index in [0.29, 0.717) is 24.3 Å².